The van der Waals surface area contributed by atoms with Crippen molar-refractivity contribution in [2.45, 2.75) is 58.9 Å². The van der Waals surface area contributed by atoms with Crippen LogP contribution in [0.15, 0.2) is 47.8 Å². The summed E-state index contributed by atoms with van der Waals surface area (Å²) in [5.41, 5.74) is 12.8. The second kappa shape index (κ2) is 12.7. The second-order valence-electron chi connectivity index (χ2n) is 14.8. The Morgan fingerprint density at radius 1 is 0.980 bits per heavy atom. The van der Waals surface area contributed by atoms with E-state index in [1.54, 1.807) is 23.5 Å². The lowest BCUT2D eigenvalue weighted by Crippen LogP contribution is -2.40. The van der Waals surface area contributed by atoms with Gasteiger partial charge in [0.1, 0.15) is 11.4 Å². The van der Waals surface area contributed by atoms with Gasteiger partial charge in [-0.15, -0.1) is 11.3 Å². The maximum atomic E-state index is 14.4. The first kappa shape index (κ1) is 32.7. The normalized spacial score (nSPS) is 22.7. The first-order valence-electron chi connectivity index (χ1n) is 17.5. The summed E-state index contributed by atoms with van der Waals surface area (Å²) in [5, 5.41) is 8.34. The molecule has 2 amide bonds. The van der Waals surface area contributed by atoms with Crippen molar-refractivity contribution in [3.8, 4) is 27.3 Å². The number of rotatable bonds is 8. The van der Waals surface area contributed by atoms with E-state index in [9.17, 15) is 14.4 Å². The molecule has 2 aromatic carbocycles. The van der Waals surface area contributed by atoms with E-state index in [-0.39, 0.29) is 28.6 Å². The van der Waals surface area contributed by atoms with E-state index >= 15 is 0 Å². The number of aryl methyl sites for hydroxylation is 2. The van der Waals surface area contributed by atoms with Crippen LogP contribution in [-0.4, -0.2) is 43.0 Å². The number of pyridine rings is 1. The fourth-order valence-electron chi connectivity index (χ4n) is 9.49. The van der Waals surface area contributed by atoms with Crippen molar-refractivity contribution < 1.29 is 23.9 Å². The molecule has 3 heterocycles. The fourth-order valence-corrected chi connectivity index (χ4v) is 10.5. The Morgan fingerprint density at radius 3 is 2.44 bits per heavy atom. The third-order valence-corrected chi connectivity index (χ3v) is 12.5. The Kier molecular flexibility index (Phi) is 8.26. The summed E-state index contributed by atoms with van der Waals surface area (Å²) in [4.78, 5) is 46.9. The van der Waals surface area contributed by atoms with E-state index in [1.165, 1.54) is 39.2 Å². The summed E-state index contributed by atoms with van der Waals surface area (Å²) in [6.07, 6.45) is 6.96. The lowest BCUT2D eigenvalue weighted by Gasteiger charge is -2.38. The van der Waals surface area contributed by atoms with Crippen molar-refractivity contribution in [1.29, 1.82) is 0 Å². The third kappa shape index (κ3) is 5.68. The molecule has 4 aromatic rings. The van der Waals surface area contributed by atoms with E-state index < -0.39 is 5.97 Å². The van der Waals surface area contributed by atoms with Gasteiger partial charge >= 0.3 is 5.97 Å². The highest BCUT2D eigenvalue weighted by Crippen LogP contribution is 2.64. The molecular weight excluding hydrogens is 649 g/mol. The van der Waals surface area contributed by atoms with Crippen molar-refractivity contribution in [3.63, 3.8) is 0 Å². The summed E-state index contributed by atoms with van der Waals surface area (Å²) in [6, 6.07) is 13.0. The number of fused-ring (bicyclic) bond motifs is 3. The van der Waals surface area contributed by atoms with Crippen LogP contribution in [0.25, 0.3) is 21.6 Å². The van der Waals surface area contributed by atoms with Crippen LogP contribution in [0.5, 0.6) is 5.75 Å². The van der Waals surface area contributed by atoms with Crippen molar-refractivity contribution in [2.24, 2.45) is 28.9 Å². The van der Waals surface area contributed by atoms with Gasteiger partial charge in [0.05, 0.1) is 13.7 Å². The molecule has 0 radical (unpaired) electrons. The minimum absolute atomic E-state index is 0.0442. The molecule has 0 spiro atoms. The summed E-state index contributed by atoms with van der Waals surface area (Å²) < 4.78 is 11.4. The smallest absolute Gasteiger partial charge is 0.357 e. The van der Waals surface area contributed by atoms with Gasteiger partial charge in [-0.05, 0) is 127 Å². The Balaban J connectivity index is 1.18. The molecule has 10 heteroatoms. The first-order valence-corrected chi connectivity index (χ1v) is 18.4. The molecule has 9 nitrogen and oxygen atoms in total. The Hall–Kier alpha value is -4.54. The second-order valence-corrected chi connectivity index (χ2v) is 15.7. The number of nitrogens with zero attached hydrogens (tertiary/aromatic N) is 1. The van der Waals surface area contributed by atoms with Crippen LogP contribution in [0, 0.1) is 37.0 Å². The van der Waals surface area contributed by atoms with Gasteiger partial charge in [0.15, 0.2) is 5.69 Å². The molecule has 4 saturated carbocycles. The minimum atomic E-state index is -0.703. The number of benzene rings is 2. The molecule has 50 heavy (non-hydrogen) atoms. The number of nitrogens with one attached hydrogen (secondary N) is 2. The average molecular weight is 691 g/mol. The predicted molar refractivity (Wildman–Crippen MR) is 194 cm³/mol. The number of thiophene rings is 1. The van der Waals surface area contributed by atoms with Crippen LogP contribution in [-0.2, 0) is 17.7 Å². The Morgan fingerprint density at radius 2 is 1.74 bits per heavy atom. The zero-order chi connectivity index (χ0) is 34.7. The molecule has 4 fully saturated rings. The number of methoxy groups -OCH3 is 1. The number of hydrogen-bond donors (Lipinski definition) is 3. The lowest BCUT2D eigenvalue weighted by molar-refractivity contribution is 0.0594. The van der Waals surface area contributed by atoms with Crippen molar-refractivity contribution in [2.75, 3.05) is 25.6 Å². The predicted octanol–water partition coefficient (Wildman–Crippen LogP) is 7.08. The number of nitrogens with two attached hydrogens (primary N) is 1. The van der Waals surface area contributed by atoms with Gasteiger partial charge < -0.3 is 25.8 Å². The van der Waals surface area contributed by atoms with E-state index in [0.29, 0.717) is 47.8 Å². The Labute approximate surface area is 296 Å². The zero-order valence-corrected chi connectivity index (χ0v) is 29.5. The molecule has 258 valence electrons. The monoisotopic (exact) mass is 690 g/mol. The van der Waals surface area contributed by atoms with Gasteiger partial charge in [-0.25, -0.2) is 9.78 Å². The number of amides is 2. The van der Waals surface area contributed by atoms with E-state index in [1.807, 2.05) is 43.5 Å². The number of ether oxygens (including phenoxy) is 2. The highest BCUT2D eigenvalue weighted by molar-refractivity contribution is 7.13. The van der Waals surface area contributed by atoms with Gasteiger partial charge in [-0.1, -0.05) is 12.1 Å². The molecule has 1 aliphatic heterocycles. The highest BCUT2D eigenvalue weighted by atomic mass is 32.1. The molecule has 2 unspecified atom stereocenters. The maximum Gasteiger partial charge on any atom is 0.357 e. The molecule has 2 atom stereocenters. The number of carbonyl (C=O) groups is 3. The minimum Gasteiger partial charge on any atom is -0.493 e. The van der Waals surface area contributed by atoms with Crippen LogP contribution < -0.4 is 21.1 Å². The van der Waals surface area contributed by atoms with E-state index in [4.69, 9.17) is 15.2 Å². The van der Waals surface area contributed by atoms with Crippen molar-refractivity contribution in [3.05, 3.63) is 87.0 Å². The number of carbonyl (C=O) groups excluding carboxylic acids is 3. The molecular formula is C40H42N4O5S. The highest BCUT2D eigenvalue weighted by Gasteiger charge is 2.55. The van der Waals surface area contributed by atoms with Crippen LogP contribution in [0.2, 0.25) is 0 Å². The summed E-state index contributed by atoms with van der Waals surface area (Å²) in [5.74, 6) is 1.62. The quantitative estimate of drug-likeness (QED) is 0.168. The number of esters is 1. The zero-order valence-electron chi connectivity index (χ0n) is 28.7. The standard InChI is InChI=1S/C40H42N4O5S/c1-21-10-24(19-41)11-22(2)34(21)44-37(45)30-14-31-33(49-8-6-25-7-9-50-36(25)31)15-29(30)28-4-5-32(43-35(28)39(47)48-3)38(46)42-20-40-16-23-12-26(17-40)27(13-23)18-40/h4-5,7,9-11,14-15,23,26-27H,6,8,12-13,16-20,41H2,1-3H3,(H,42,46)(H,44,45). The average Bonchev–Trinajstić information content (AvgIpc) is 3.73. The molecule has 4 aliphatic carbocycles. The Bertz CT molecular complexity index is 2010. The summed E-state index contributed by atoms with van der Waals surface area (Å²) in [7, 11) is 1.28. The molecule has 9 rings (SSSR count). The van der Waals surface area contributed by atoms with Gasteiger partial charge in [-0.3, -0.25) is 9.59 Å². The molecule has 4 bridgehead atoms. The lowest BCUT2D eigenvalue weighted by atomic mass is 9.69. The molecule has 5 aliphatic rings. The number of anilines is 1. The van der Waals surface area contributed by atoms with Crippen LogP contribution in [0.1, 0.15) is 85.7 Å². The molecule has 0 saturated heterocycles. The van der Waals surface area contributed by atoms with Gasteiger partial charge in [0.25, 0.3) is 11.8 Å². The summed E-state index contributed by atoms with van der Waals surface area (Å²) >= 11 is 1.60. The van der Waals surface area contributed by atoms with Gasteiger partial charge in [0, 0.05) is 52.3 Å². The maximum absolute atomic E-state index is 14.4. The van der Waals surface area contributed by atoms with Crippen LogP contribution in [0.4, 0.5) is 5.69 Å². The SMILES string of the molecule is COC(=O)c1nc(C(=O)NCC23CC4CC(C2)C(C4)C3)ccc1-c1cc2c(cc1C(=O)Nc1c(C)cc(CN)cc1C)-c1sccc1CCO2. The van der Waals surface area contributed by atoms with Crippen LogP contribution in [0.3, 0.4) is 0 Å². The molecule has 2 aromatic heterocycles. The van der Waals surface area contributed by atoms with Gasteiger partial charge in [-0.2, -0.15) is 0 Å². The van der Waals surface area contributed by atoms with E-state index in [0.717, 1.165) is 56.9 Å². The van der Waals surface area contributed by atoms with Gasteiger partial charge in [0.2, 0.25) is 0 Å². The van der Waals surface area contributed by atoms with Crippen molar-refractivity contribution in [1.82, 2.24) is 10.3 Å². The first-order chi connectivity index (χ1) is 24.1. The number of hydrogen-bond acceptors (Lipinski definition) is 8. The third-order valence-electron chi connectivity index (χ3n) is 11.5. The fraction of sp³-hybridized carbons (Fsp3) is 0.400. The van der Waals surface area contributed by atoms with Crippen molar-refractivity contribution >= 4 is 34.8 Å². The topological polar surface area (TPSA) is 133 Å². The number of aromatic nitrogens is 1. The van der Waals surface area contributed by atoms with E-state index in [2.05, 4.69) is 21.7 Å². The van der Waals surface area contributed by atoms with Crippen LogP contribution >= 0.6 is 11.3 Å². The largest absolute Gasteiger partial charge is 0.493 e. The summed E-state index contributed by atoms with van der Waals surface area (Å²) in [6.45, 7) is 5.37. The molecule has 4 N–H and O–H groups in total.